The van der Waals surface area contributed by atoms with Crippen LogP contribution >= 0.6 is 11.3 Å². The maximum absolute atomic E-state index is 11.2. The molecule has 3 nitrogen and oxygen atoms in total. The second-order valence-electron chi connectivity index (χ2n) is 5.60. The number of hydrogen-bond donors (Lipinski definition) is 1. The van der Waals surface area contributed by atoms with E-state index in [1.165, 1.54) is 20.9 Å². The largest absolute Gasteiger partial charge is 0.480 e. The van der Waals surface area contributed by atoms with Gasteiger partial charge in [0.2, 0.25) is 0 Å². The number of nitrogens with zero attached hydrogens (tertiary/aromatic N) is 1. The Morgan fingerprint density at radius 2 is 2.05 bits per heavy atom. The molecule has 1 aromatic heterocycles. The summed E-state index contributed by atoms with van der Waals surface area (Å²) >= 11 is 1.76. The Bertz CT molecular complexity index is 632. The molecule has 21 heavy (non-hydrogen) atoms. The average molecular weight is 301 g/mol. The number of carboxylic acid groups (broad SMARTS) is 1. The van der Waals surface area contributed by atoms with E-state index in [9.17, 15) is 9.90 Å². The number of carbonyl (C=O) groups is 1. The van der Waals surface area contributed by atoms with Crippen molar-refractivity contribution < 1.29 is 9.90 Å². The zero-order valence-electron chi connectivity index (χ0n) is 12.1. The molecule has 0 spiro atoms. The molecular weight excluding hydrogens is 282 g/mol. The minimum Gasteiger partial charge on any atom is -0.480 e. The molecule has 1 N–H and O–H groups in total. The molecule has 1 aromatic carbocycles. The SMILES string of the molecule is Cc1ccc(-c2ccc(CN3CCC[C@H]3C(=O)O)s2)cc1. The summed E-state index contributed by atoms with van der Waals surface area (Å²) in [7, 11) is 0. The third-order valence-electron chi connectivity index (χ3n) is 4.01. The summed E-state index contributed by atoms with van der Waals surface area (Å²) in [5.41, 5.74) is 2.49. The molecular formula is C17H19NO2S. The predicted octanol–water partition coefficient (Wildman–Crippen LogP) is 3.77. The van der Waals surface area contributed by atoms with Crippen LogP contribution < -0.4 is 0 Å². The number of rotatable bonds is 4. The molecule has 1 saturated heterocycles. The lowest BCUT2D eigenvalue weighted by atomic mass is 10.1. The van der Waals surface area contributed by atoms with E-state index >= 15 is 0 Å². The first kappa shape index (κ1) is 14.3. The van der Waals surface area contributed by atoms with Gasteiger partial charge in [0.25, 0.3) is 0 Å². The molecule has 2 heterocycles. The van der Waals surface area contributed by atoms with E-state index in [1.54, 1.807) is 11.3 Å². The molecule has 110 valence electrons. The van der Waals surface area contributed by atoms with Crippen LogP contribution in [-0.4, -0.2) is 28.6 Å². The Morgan fingerprint density at radius 1 is 1.29 bits per heavy atom. The van der Waals surface area contributed by atoms with Gasteiger partial charge < -0.3 is 5.11 Å². The third kappa shape index (κ3) is 3.17. The van der Waals surface area contributed by atoms with Crippen molar-refractivity contribution in [3.05, 3.63) is 46.8 Å². The Balaban J connectivity index is 1.73. The van der Waals surface area contributed by atoms with Crippen molar-refractivity contribution >= 4 is 17.3 Å². The van der Waals surface area contributed by atoms with Crippen molar-refractivity contribution in [2.45, 2.75) is 32.4 Å². The van der Waals surface area contributed by atoms with Gasteiger partial charge in [-0.15, -0.1) is 11.3 Å². The average Bonchev–Trinajstić information content (AvgIpc) is 3.09. The van der Waals surface area contributed by atoms with E-state index in [2.05, 4.69) is 48.2 Å². The lowest BCUT2D eigenvalue weighted by Gasteiger charge is -2.19. The van der Waals surface area contributed by atoms with Gasteiger partial charge in [-0.25, -0.2) is 0 Å². The quantitative estimate of drug-likeness (QED) is 0.934. The van der Waals surface area contributed by atoms with Crippen LogP contribution in [0.25, 0.3) is 10.4 Å². The predicted molar refractivity (Wildman–Crippen MR) is 85.6 cm³/mol. The minimum atomic E-state index is -0.692. The molecule has 0 aliphatic carbocycles. The maximum Gasteiger partial charge on any atom is 0.320 e. The zero-order valence-corrected chi connectivity index (χ0v) is 12.9. The first-order valence-electron chi connectivity index (χ1n) is 7.26. The van der Waals surface area contributed by atoms with Crippen molar-refractivity contribution in [3.63, 3.8) is 0 Å². The lowest BCUT2D eigenvalue weighted by Crippen LogP contribution is -2.35. The summed E-state index contributed by atoms with van der Waals surface area (Å²) in [4.78, 5) is 15.8. The Hall–Kier alpha value is -1.65. The van der Waals surface area contributed by atoms with Crippen molar-refractivity contribution in [1.29, 1.82) is 0 Å². The van der Waals surface area contributed by atoms with Gasteiger partial charge in [0.15, 0.2) is 0 Å². The number of carboxylic acids is 1. The molecule has 2 aromatic rings. The first-order chi connectivity index (χ1) is 10.1. The summed E-state index contributed by atoms with van der Waals surface area (Å²) in [5, 5.41) is 9.23. The van der Waals surface area contributed by atoms with Crippen LogP contribution in [0, 0.1) is 6.92 Å². The molecule has 0 saturated carbocycles. The molecule has 1 fully saturated rings. The number of thiophene rings is 1. The van der Waals surface area contributed by atoms with Crippen LogP contribution in [0.4, 0.5) is 0 Å². The number of aryl methyl sites for hydroxylation is 1. The van der Waals surface area contributed by atoms with E-state index in [-0.39, 0.29) is 6.04 Å². The van der Waals surface area contributed by atoms with Crippen molar-refractivity contribution in [1.82, 2.24) is 4.90 Å². The molecule has 1 aliphatic rings. The van der Waals surface area contributed by atoms with Crippen molar-refractivity contribution in [2.24, 2.45) is 0 Å². The highest BCUT2D eigenvalue weighted by atomic mass is 32.1. The Labute approximate surface area is 128 Å². The van der Waals surface area contributed by atoms with Crippen LogP contribution in [0.2, 0.25) is 0 Å². The summed E-state index contributed by atoms with van der Waals surface area (Å²) < 4.78 is 0. The van der Waals surface area contributed by atoms with Gasteiger partial charge in [0.05, 0.1) is 0 Å². The first-order valence-corrected chi connectivity index (χ1v) is 8.08. The number of hydrogen-bond acceptors (Lipinski definition) is 3. The number of aliphatic carboxylic acids is 1. The van der Waals surface area contributed by atoms with Crippen LogP contribution in [0.5, 0.6) is 0 Å². The van der Waals surface area contributed by atoms with Crippen molar-refractivity contribution in [2.75, 3.05) is 6.54 Å². The van der Waals surface area contributed by atoms with Crippen LogP contribution in [0.15, 0.2) is 36.4 Å². The zero-order chi connectivity index (χ0) is 14.8. The van der Waals surface area contributed by atoms with E-state index in [4.69, 9.17) is 0 Å². The Morgan fingerprint density at radius 3 is 2.76 bits per heavy atom. The molecule has 0 radical (unpaired) electrons. The monoisotopic (exact) mass is 301 g/mol. The molecule has 0 bridgehead atoms. The minimum absolute atomic E-state index is 0.310. The van der Waals surface area contributed by atoms with E-state index < -0.39 is 5.97 Å². The lowest BCUT2D eigenvalue weighted by molar-refractivity contribution is -0.142. The second kappa shape index (κ2) is 6.00. The van der Waals surface area contributed by atoms with Crippen LogP contribution in [0.3, 0.4) is 0 Å². The van der Waals surface area contributed by atoms with Gasteiger partial charge in [0, 0.05) is 16.3 Å². The molecule has 1 aliphatic heterocycles. The highest BCUT2D eigenvalue weighted by Crippen LogP contribution is 2.30. The summed E-state index contributed by atoms with van der Waals surface area (Å²) in [6.07, 6.45) is 1.75. The van der Waals surface area contributed by atoms with Crippen molar-refractivity contribution in [3.8, 4) is 10.4 Å². The molecule has 4 heteroatoms. The van der Waals surface area contributed by atoms with Crippen LogP contribution in [-0.2, 0) is 11.3 Å². The molecule has 0 unspecified atom stereocenters. The number of likely N-dealkylation sites (tertiary alicyclic amines) is 1. The highest BCUT2D eigenvalue weighted by Gasteiger charge is 2.30. The highest BCUT2D eigenvalue weighted by molar-refractivity contribution is 7.15. The second-order valence-corrected chi connectivity index (χ2v) is 6.77. The third-order valence-corrected chi connectivity index (χ3v) is 5.12. The van der Waals surface area contributed by atoms with E-state index in [0.29, 0.717) is 0 Å². The molecule has 0 amide bonds. The normalized spacial score (nSPS) is 19.0. The fourth-order valence-electron chi connectivity index (χ4n) is 2.83. The Kier molecular flexibility index (Phi) is 4.08. The van der Waals surface area contributed by atoms with Gasteiger partial charge in [-0.2, -0.15) is 0 Å². The van der Waals surface area contributed by atoms with Gasteiger partial charge >= 0.3 is 5.97 Å². The molecule has 3 rings (SSSR count). The smallest absolute Gasteiger partial charge is 0.320 e. The maximum atomic E-state index is 11.2. The van der Waals surface area contributed by atoms with E-state index in [1.807, 2.05) is 0 Å². The summed E-state index contributed by atoms with van der Waals surface area (Å²) in [5.74, 6) is -0.692. The fraction of sp³-hybridized carbons (Fsp3) is 0.353. The van der Waals surface area contributed by atoms with E-state index in [0.717, 1.165) is 25.9 Å². The van der Waals surface area contributed by atoms with Crippen LogP contribution in [0.1, 0.15) is 23.3 Å². The number of benzene rings is 1. The summed E-state index contributed by atoms with van der Waals surface area (Å²) in [6.45, 7) is 3.71. The fourth-order valence-corrected chi connectivity index (χ4v) is 3.87. The van der Waals surface area contributed by atoms with Gasteiger partial charge in [-0.3, -0.25) is 9.69 Å². The topological polar surface area (TPSA) is 40.5 Å². The van der Waals surface area contributed by atoms with Gasteiger partial charge in [-0.05, 0) is 44.0 Å². The standard InChI is InChI=1S/C17H19NO2S/c1-12-4-6-13(7-5-12)16-9-8-14(21-16)11-18-10-2-3-15(18)17(19)20/h4-9,15H,2-3,10-11H2,1H3,(H,19,20)/t15-/m0/s1. The molecule has 1 atom stereocenters. The van der Waals surface area contributed by atoms with Gasteiger partial charge in [-0.1, -0.05) is 29.8 Å². The summed E-state index contributed by atoms with van der Waals surface area (Å²) in [6, 6.07) is 12.5. The van der Waals surface area contributed by atoms with Gasteiger partial charge in [0.1, 0.15) is 6.04 Å².